The van der Waals surface area contributed by atoms with Crippen molar-refractivity contribution in [3.8, 4) is 0 Å². The highest BCUT2D eigenvalue weighted by atomic mass is 32.2. The van der Waals surface area contributed by atoms with Gasteiger partial charge in [-0.15, -0.1) is 11.3 Å². The molecule has 0 aliphatic carbocycles. The molecule has 0 radical (unpaired) electrons. The Bertz CT molecular complexity index is 933. The summed E-state index contributed by atoms with van der Waals surface area (Å²) >= 11 is 1.59. The Kier molecular flexibility index (Phi) is 7.05. The van der Waals surface area contributed by atoms with E-state index in [1.807, 2.05) is 17.5 Å². The first-order valence-corrected chi connectivity index (χ1v) is 11.9. The van der Waals surface area contributed by atoms with Crippen molar-refractivity contribution in [2.45, 2.75) is 37.1 Å². The number of hydrogen-bond donors (Lipinski definition) is 2. The number of thiophene rings is 1. The van der Waals surface area contributed by atoms with Gasteiger partial charge in [-0.1, -0.05) is 6.07 Å². The molecule has 29 heavy (non-hydrogen) atoms. The molecule has 0 bridgehead atoms. The summed E-state index contributed by atoms with van der Waals surface area (Å²) in [5, 5.41) is 4.84. The fraction of sp³-hybridized carbons (Fsp3) is 0.400. The van der Waals surface area contributed by atoms with Crippen LogP contribution in [-0.4, -0.2) is 50.8 Å². The highest BCUT2D eigenvalue weighted by molar-refractivity contribution is 7.89. The van der Waals surface area contributed by atoms with E-state index in [1.165, 1.54) is 19.1 Å². The van der Waals surface area contributed by atoms with E-state index in [9.17, 15) is 18.0 Å². The van der Waals surface area contributed by atoms with Crippen LogP contribution >= 0.6 is 11.3 Å². The second-order valence-corrected chi connectivity index (χ2v) is 9.82. The average Bonchev–Trinajstić information content (AvgIpc) is 3.21. The van der Waals surface area contributed by atoms with Crippen molar-refractivity contribution in [1.82, 2.24) is 14.9 Å². The number of sulfonamides is 1. The molecule has 9 heteroatoms. The van der Waals surface area contributed by atoms with E-state index in [2.05, 4.69) is 10.0 Å². The quantitative estimate of drug-likeness (QED) is 0.695. The van der Waals surface area contributed by atoms with Gasteiger partial charge in [0.15, 0.2) is 0 Å². The van der Waals surface area contributed by atoms with Gasteiger partial charge in [-0.2, -0.15) is 0 Å². The molecule has 2 N–H and O–H groups in total. The van der Waals surface area contributed by atoms with Gasteiger partial charge in [-0.05, 0) is 55.0 Å². The lowest BCUT2D eigenvalue weighted by atomic mass is 10.0. The van der Waals surface area contributed by atoms with E-state index < -0.39 is 10.0 Å². The molecular weight excluding hydrogens is 410 g/mol. The molecule has 2 amide bonds. The van der Waals surface area contributed by atoms with Crippen molar-refractivity contribution in [1.29, 1.82) is 0 Å². The SMILES string of the molecule is CC(=O)NC1CCN(C(=O)c2ccc(S(=O)(=O)NCCc3cccs3)cc2)CC1. The van der Waals surface area contributed by atoms with Gasteiger partial charge in [0.05, 0.1) is 4.90 Å². The highest BCUT2D eigenvalue weighted by Crippen LogP contribution is 2.17. The van der Waals surface area contributed by atoms with Crippen LogP contribution in [0.5, 0.6) is 0 Å². The van der Waals surface area contributed by atoms with Gasteiger partial charge >= 0.3 is 0 Å². The number of carbonyl (C=O) groups excluding carboxylic acids is 2. The van der Waals surface area contributed by atoms with Gasteiger partial charge < -0.3 is 10.2 Å². The molecule has 2 aromatic rings. The predicted molar refractivity (Wildman–Crippen MR) is 112 cm³/mol. The number of piperidine rings is 1. The molecule has 0 spiro atoms. The third-order valence-corrected chi connectivity index (χ3v) is 7.26. The van der Waals surface area contributed by atoms with Gasteiger partial charge in [0, 0.05) is 43.0 Å². The standard InChI is InChI=1S/C20H25N3O4S2/c1-15(24)22-17-9-12-23(13-10-17)20(25)16-4-6-19(7-5-16)29(26,27)21-11-8-18-3-2-14-28-18/h2-7,14,17,21H,8-13H2,1H3,(H,22,24). The molecule has 0 unspecified atom stereocenters. The molecule has 3 rings (SSSR count). The number of nitrogens with one attached hydrogen (secondary N) is 2. The molecule has 0 atom stereocenters. The van der Waals surface area contributed by atoms with Crippen LogP contribution < -0.4 is 10.0 Å². The highest BCUT2D eigenvalue weighted by Gasteiger charge is 2.24. The van der Waals surface area contributed by atoms with Crippen LogP contribution in [0.4, 0.5) is 0 Å². The molecular formula is C20H25N3O4S2. The third-order valence-electron chi connectivity index (χ3n) is 4.84. The van der Waals surface area contributed by atoms with Gasteiger partial charge in [0.2, 0.25) is 15.9 Å². The summed E-state index contributed by atoms with van der Waals surface area (Å²) < 4.78 is 27.5. The Hall–Kier alpha value is -2.23. The van der Waals surface area contributed by atoms with Crippen LogP contribution in [-0.2, 0) is 21.2 Å². The number of rotatable bonds is 7. The van der Waals surface area contributed by atoms with E-state index in [-0.39, 0.29) is 22.8 Å². The molecule has 2 heterocycles. The molecule has 1 aromatic carbocycles. The van der Waals surface area contributed by atoms with Crippen molar-refractivity contribution in [2.24, 2.45) is 0 Å². The van der Waals surface area contributed by atoms with Gasteiger partial charge in [-0.25, -0.2) is 13.1 Å². The van der Waals surface area contributed by atoms with E-state index in [4.69, 9.17) is 0 Å². The first kappa shape index (κ1) is 21.5. The Balaban J connectivity index is 1.55. The predicted octanol–water partition coefficient (Wildman–Crippen LogP) is 2.01. The van der Waals surface area contributed by atoms with Gasteiger partial charge in [0.25, 0.3) is 5.91 Å². The number of amides is 2. The second-order valence-electron chi connectivity index (χ2n) is 7.02. The van der Waals surface area contributed by atoms with Gasteiger partial charge in [0.1, 0.15) is 0 Å². The lowest BCUT2D eigenvalue weighted by Crippen LogP contribution is -2.46. The summed E-state index contributed by atoms with van der Waals surface area (Å²) in [6.45, 7) is 2.94. The van der Waals surface area contributed by atoms with Crippen molar-refractivity contribution in [3.63, 3.8) is 0 Å². The maximum Gasteiger partial charge on any atom is 0.253 e. The average molecular weight is 436 g/mol. The number of benzene rings is 1. The third kappa shape index (κ3) is 5.88. The summed E-state index contributed by atoms with van der Waals surface area (Å²) in [6, 6.07) is 10.0. The zero-order chi connectivity index (χ0) is 20.9. The Morgan fingerprint density at radius 2 is 1.83 bits per heavy atom. The molecule has 7 nitrogen and oxygen atoms in total. The van der Waals surface area contributed by atoms with Crippen LogP contribution in [0.25, 0.3) is 0 Å². The number of likely N-dealkylation sites (tertiary alicyclic amines) is 1. The van der Waals surface area contributed by atoms with Crippen LogP contribution in [0.15, 0.2) is 46.7 Å². The lowest BCUT2D eigenvalue weighted by Gasteiger charge is -2.32. The first-order valence-electron chi connectivity index (χ1n) is 9.53. The van der Waals surface area contributed by atoms with E-state index in [0.29, 0.717) is 44.5 Å². The Morgan fingerprint density at radius 3 is 2.41 bits per heavy atom. The van der Waals surface area contributed by atoms with Crippen molar-refractivity contribution in [3.05, 3.63) is 52.2 Å². The smallest absolute Gasteiger partial charge is 0.253 e. The molecule has 0 saturated carbocycles. The normalized spacial score (nSPS) is 15.3. The summed E-state index contributed by atoms with van der Waals surface area (Å²) in [4.78, 5) is 26.8. The van der Waals surface area contributed by atoms with Crippen molar-refractivity contribution >= 4 is 33.2 Å². The summed E-state index contributed by atoms with van der Waals surface area (Å²) in [5.74, 6) is -0.184. The van der Waals surface area contributed by atoms with Crippen molar-refractivity contribution < 1.29 is 18.0 Å². The van der Waals surface area contributed by atoms with E-state index in [1.54, 1.807) is 28.4 Å². The van der Waals surface area contributed by atoms with Crippen LogP contribution in [0, 0.1) is 0 Å². The molecule has 1 aliphatic rings. The lowest BCUT2D eigenvalue weighted by molar-refractivity contribution is -0.119. The number of carbonyl (C=O) groups is 2. The minimum atomic E-state index is -3.61. The van der Waals surface area contributed by atoms with Crippen molar-refractivity contribution in [2.75, 3.05) is 19.6 Å². The summed E-state index contributed by atoms with van der Waals surface area (Å²) in [6.07, 6.45) is 2.07. The molecule has 1 aliphatic heterocycles. The second kappa shape index (κ2) is 9.51. The first-order chi connectivity index (χ1) is 13.8. The zero-order valence-corrected chi connectivity index (χ0v) is 17.9. The molecule has 156 valence electrons. The Labute approximate surface area is 175 Å². The molecule has 1 saturated heterocycles. The fourth-order valence-electron chi connectivity index (χ4n) is 3.32. The van der Waals surface area contributed by atoms with E-state index in [0.717, 1.165) is 4.88 Å². The van der Waals surface area contributed by atoms with Crippen LogP contribution in [0.1, 0.15) is 35.0 Å². The number of nitrogens with zero attached hydrogens (tertiary/aromatic N) is 1. The molecule has 1 aromatic heterocycles. The zero-order valence-electron chi connectivity index (χ0n) is 16.3. The van der Waals surface area contributed by atoms with E-state index >= 15 is 0 Å². The minimum Gasteiger partial charge on any atom is -0.353 e. The molecule has 1 fully saturated rings. The summed E-state index contributed by atoms with van der Waals surface area (Å²) in [5.41, 5.74) is 0.459. The maximum absolute atomic E-state index is 12.7. The topological polar surface area (TPSA) is 95.6 Å². The minimum absolute atomic E-state index is 0.0597. The fourth-order valence-corrected chi connectivity index (χ4v) is 5.06. The number of hydrogen-bond acceptors (Lipinski definition) is 5. The monoisotopic (exact) mass is 435 g/mol. The van der Waals surface area contributed by atoms with Crippen LogP contribution in [0.2, 0.25) is 0 Å². The van der Waals surface area contributed by atoms with Gasteiger partial charge in [-0.3, -0.25) is 9.59 Å². The Morgan fingerprint density at radius 1 is 1.14 bits per heavy atom. The van der Waals surface area contributed by atoms with Crippen LogP contribution in [0.3, 0.4) is 0 Å². The largest absolute Gasteiger partial charge is 0.353 e. The summed E-state index contributed by atoms with van der Waals surface area (Å²) in [7, 11) is -3.61. The maximum atomic E-state index is 12.7.